The van der Waals surface area contributed by atoms with Crippen molar-refractivity contribution in [1.82, 2.24) is 4.98 Å². The summed E-state index contributed by atoms with van der Waals surface area (Å²) >= 11 is 5.45. The summed E-state index contributed by atoms with van der Waals surface area (Å²) in [6.07, 6.45) is 1.14. The van der Waals surface area contributed by atoms with Crippen molar-refractivity contribution in [3.8, 4) is 0 Å². The summed E-state index contributed by atoms with van der Waals surface area (Å²) in [6.45, 7) is 1.67. The molecule has 48 valence electrons. The molecule has 0 bridgehead atoms. The van der Waals surface area contributed by atoms with E-state index in [0.29, 0.717) is 15.6 Å². The maximum Gasteiger partial charge on any atom is 0.291 e. The molecule has 0 aliphatic rings. The van der Waals surface area contributed by atoms with E-state index in [1.54, 1.807) is 6.92 Å². The minimum atomic E-state index is 0.347. The van der Waals surface area contributed by atoms with Crippen LogP contribution in [0.25, 0.3) is 0 Å². The van der Waals surface area contributed by atoms with Crippen LogP contribution in [0.4, 0.5) is 0 Å². The van der Waals surface area contributed by atoms with Crippen LogP contribution in [0.1, 0.15) is 5.69 Å². The van der Waals surface area contributed by atoms with Crippen LogP contribution in [-0.2, 0) is 0 Å². The Labute approximate surface area is 57.5 Å². The summed E-state index contributed by atoms with van der Waals surface area (Å²) in [6, 6.07) is 1.51. The Morgan fingerprint density at radius 3 is 2.89 bits per heavy atom. The van der Waals surface area contributed by atoms with Crippen molar-refractivity contribution in [3.05, 3.63) is 28.4 Å². The van der Waals surface area contributed by atoms with Crippen molar-refractivity contribution in [2.75, 3.05) is 0 Å². The monoisotopic (exact) mass is 144 g/mol. The molecule has 0 amide bonds. The van der Waals surface area contributed by atoms with Gasteiger partial charge in [0, 0.05) is 6.07 Å². The normalized spacial score (nSPS) is 9.56. The second-order valence-electron chi connectivity index (χ2n) is 1.68. The van der Waals surface area contributed by atoms with Crippen LogP contribution in [0.2, 0.25) is 5.15 Å². The molecule has 0 saturated carbocycles. The zero-order chi connectivity index (χ0) is 6.85. The predicted octanol–water partition coefficient (Wildman–Crippen LogP) is 0.677. The largest absolute Gasteiger partial charge is 0.711 e. The summed E-state index contributed by atoms with van der Waals surface area (Å²) in [5, 5.41) is 10.9. The van der Waals surface area contributed by atoms with Crippen LogP contribution in [0.5, 0.6) is 0 Å². The molecule has 0 saturated heterocycles. The molecule has 0 fully saturated rings. The Kier molecular flexibility index (Phi) is 1.53. The van der Waals surface area contributed by atoms with Crippen molar-refractivity contribution in [2.45, 2.75) is 6.92 Å². The lowest BCUT2D eigenvalue weighted by atomic mass is 10.5. The van der Waals surface area contributed by atoms with Crippen LogP contribution >= 0.6 is 11.6 Å². The quantitative estimate of drug-likeness (QED) is 0.305. The Morgan fingerprint density at radius 1 is 1.78 bits per heavy atom. The Balaban J connectivity index is 3.17. The minimum absolute atomic E-state index is 0.347. The highest BCUT2D eigenvalue weighted by Gasteiger charge is 1.97. The van der Waals surface area contributed by atoms with E-state index >= 15 is 0 Å². The highest BCUT2D eigenvalue weighted by Crippen LogP contribution is 2.00. The molecule has 1 aromatic rings. The molecule has 1 heterocycles. The van der Waals surface area contributed by atoms with Crippen LogP contribution in [0, 0.1) is 12.1 Å². The molecule has 3 nitrogen and oxygen atoms in total. The van der Waals surface area contributed by atoms with Crippen molar-refractivity contribution in [2.24, 2.45) is 0 Å². The van der Waals surface area contributed by atoms with E-state index in [1.807, 2.05) is 0 Å². The predicted molar refractivity (Wildman–Crippen MR) is 32.9 cm³/mol. The standard InChI is InChI=1S/C5H5ClN2O/c1-4-2-5(6)7-3-8(4)9/h2-3H,1H3. The summed E-state index contributed by atoms with van der Waals surface area (Å²) in [5.41, 5.74) is 0.551. The molecule has 0 spiro atoms. The second-order valence-corrected chi connectivity index (χ2v) is 2.07. The molecule has 0 aliphatic carbocycles. The Morgan fingerprint density at radius 2 is 2.44 bits per heavy atom. The fraction of sp³-hybridized carbons (Fsp3) is 0.200. The van der Waals surface area contributed by atoms with E-state index in [9.17, 15) is 5.21 Å². The summed E-state index contributed by atoms with van der Waals surface area (Å²) < 4.78 is 0.659. The molecule has 0 aliphatic heterocycles. The van der Waals surface area contributed by atoms with Gasteiger partial charge in [-0.1, -0.05) is 0 Å². The highest BCUT2D eigenvalue weighted by molar-refractivity contribution is 6.29. The Bertz CT molecular complexity index is 226. The van der Waals surface area contributed by atoms with Gasteiger partial charge in [-0.05, 0) is 23.5 Å². The zero-order valence-corrected chi connectivity index (χ0v) is 5.59. The third-order valence-corrected chi connectivity index (χ3v) is 1.17. The summed E-state index contributed by atoms with van der Waals surface area (Å²) in [7, 11) is 0. The third-order valence-electron chi connectivity index (χ3n) is 0.962. The van der Waals surface area contributed by atoms with Gasteiger partial charge in [-0.3, -0.25) is 0 Å². The number of hydrogen-bond donors (Lipinski definition) is 0. The molecular formula is C5H5ClN2O. The van der Waals surface area contributed by atoms with E-state index in [0.717, 1.165) is 6.33 Å². The van der Waals surface area contributed by atoms with Gasteiger partial charge in [-0.25, -0.2) is 4.73 Å². The van der Waals surface area contributed by atoms with Crippen LogP contribution in [-0.4, -0.2) is 4.98 Å². The first-order valence-corrected chi connectivity index (χ1v) is 2.79. The maximum absolute atomic E-state index is 10.6. The molecule has 0 atom stereocenters. The molecule has 4 heteroatoms. The van der Waals surface area contributed by atoms with E-state index in [-0.39, 0.29) is 0 Å². The van der Waals surface area contributed by atoms with E-state index in [1.165, 1.54) is 6.07 Å². The van der Waals surface area contributed by atoms with Crippen LogP contribution in [0.3, 0.4) is 0 Å². The van der Waals surface area contributed by atoms with Gasteiger partial charge in [0.2, 0.25) is 5.15 Å². The number of rotatable bonds is 0. The molecule has 1 aromatic heterocycles. The number of halogens is 1. The first-order chi connectivity index (χ1) is 4.20. The van der Waals surface area contributed by atoms with Gasteiger partial charge in [0.05, 0.1) is 0 Å². The zero-order valence-electron chi connectivity index (χ0n) is 4.84. The summed E-state index contributed by atoms with van der Waals surface area (Å²) in [5.74, 6) is 0. The Hall–Kier alpha value is -0.830. The van der Waals surface area contributed by atoms with Crippen LogP contribution in [0.15, 0.2) is 12.4 Å². The molecule has 9 heavy (non-hydrogen) atoms. The minimum Gasteiger partial charge on any atom is -0.711 e. The average Bonchev–Trinajstić information content (AvgIpc) is 1.80. The van der Waals surface area contributed by atoms with Gasteiger partial charge in [0.15, 0.2) is 0 Å². The summed E-state index contributed by atoms with van der Waals surface area (Å²) in [4.78, 5) is 3.56. The number of aryl methyl sites for hydroxylation is 1. The molecule has 0 radical (unpaired) electrons. The van der Waals surface area contributed by atoms with Gasteiger partial charge in [-0.15, -0.1) is 0 Å². The number of hydrogen-bond acceptors (Lipinski definition) is 2. The van der Waals surface area contributed by atoms with Gasteiger partial charge in [-0.2, -0.15) is 0 Å². The van der Waals surface area contributed by atoms with Gasteiger partial charge < -0.3 is 5.21 Å². The lowest BCUT2D eigenvalue weighted by Gasteiger charge is -2.00. The third kappa shape index (κ3) is 1.29. The second kappa shape index (κ2) is 2.19. The first-order valence-electron chi connectivity index (χ1n) is 2.41. The fourth-order valence-corrected chi connectivity index (χ4v) is 0.673. The molecule has 0 unspecified atom stereocenters. The van der Waals surface area contributed by atoms with Crippen LogP contribution < -0.4 is 4.73 Å². The first kappa shape index (κ1) is 6.29. The van der Waals surface area contributed by atoms with Crippen molar-refractivity contribution < 1.29 is 4.73 Å². The van der Waals surface area contributed by atoms with Crippen molar-refractivity contribution in [1.29, 1.82) is 0 Å². The van der Waals surface area contributed by atoms with Gasteiger partial charge >= 0.3 is 0 Å². The van der Waals surface area contributed by atoms with E-state index < -0.39 is 0 Å². The fourth-order valence-electron chi connectivity index (χ4n) is 0.472. The smallest absolute Gasteiger partial charge is 0.291 e. The maximum atomic E-state index is 10.6. The molecule has 1 rings (SSSR count). The number of nitrogens with zero attached hydrogens (tertiary/aromatic N) is 2. The molecular weight excluding hydrogens is 140 g/mol. The van der Waals surface area contributed by atoms with Gasteiger partial charge in [0.1, 0.15) is 5.69 Å². The van der Waals surface area contributed by atoms with Gasteiger partial charge in [0.25, 0.3) is 6.33 Å². The van der Waals surface area contributed by atoms with Crippen molar-refractivity contribution in [3.63, 3.8) is 0 Å². The van der Waals surface area contributed by atoms with E-state index in [4.69, 9.17) is 11.6 Å². The number of aromatic nitrogens is 2. The van der Waals surface area contributed by atoms with Crippen molar-refractivity contribution >= 4 is 11.6 Å². The lowest BCUT2D eigenvalue weighted by molar-refractivity contribution is -0.615. The highest BCUT2D eigenvalue weighted by atomic mass is 35.5. The molecule has 0 N–H and O–H groups in total. The lowest BCUT2D eigenvalue weighted by Crippen LogP contribution is -2.29. The van der Waals surface area contributed by atoms with E-state index in [2.05, 4.69) is 4.98 Å². The SMILES string of the molecule is Cc1cc(Cl)nc[n+]1[O-]. The topological polar surface area (TPSA) is 39.8 Å². The molecule has 0 aromatic carbocycles. The average molecular weight is 145 g/mol.